The van der Waals surface area contributed by atoms with Crippen LogP contribution < -0.4 is 31.6 Å². The van der Waals surface area contributed by atoms with Crippen LogP contribution in [-0.4, -0.2) is 79.2 Å². The van der Waals surface area contributed by atoms with Gasteiger partial charge in [-0.3, -0.25) is 14.6 Å². The van der Waals surface area contributed by atoms with Gasteiger partial charge < -0.3 is 40.0 Å². The number of nitrogens with one attached hydrogen (secondary N) is 3. The van der Waals surface area contributed by atoms with Crippen LogP contribution in [0.1, 0.15) is 53.1 Å². The molecule has 0 spiro atoms. The quantitative estimate of drug-likeness (QED) is 0.0658. The standard InChI is InChI=1S/C47H49N7O6S2/c1-25(21-48)27-6-8-28(9-7-27)35-37-32-20-30(12-16-60-18-17-57-3)62-42(32)44(56)54-40(37)34(52-45(35)58-4)23-49-24-47(14-15-47)29-10-11-33(50-22-29)38-36-31-13-19-61-41(31)43(55)53-39(36)26(2)51-46(38)59-5/h6-11,13,19-20,22,25,49H,12,14-18,21,23-24,48H2,1-5H3,(H,53,55)(H,54,56). The van der Waals surface area contributed by atoms with Crippen LogP contribution in [0.15, 0.2) is 69.7 Å². The molecule has 0 saturated heterocycles. The van der Waals surface area contributed by atoms with Gasteiger partial charge in [0.15, 0.2) is 0 Å². The van der Waals surface area contributed by atoms with Gasteiger partial charge in [0.2, 0.25) is 11.8 Å². The van der Waals surface area contributed by atoms with E-state index in [9.17, 15) is 9.59 Å². The molecule has 0 bridgehead atoms. The number of pyridine rings is 5. The Morgan fingerprint density at radius 2 is 1.61 bits per heavy atom. The molecule has 0 aliphatic heterocycles. The van der Waals surface area contributed by atoms with E-state index in [1.54, 1.807) is 21.3 Å². The number of hydrogen-bond acceptors (Lipinski definition) is 13. The minimum atomic E-state index is -0.153. The zero-order valence-corrected chi connectivity index (χ0v) is 37.0. The van der Waals surface area contributed by atoms with Gasteiger partial charge in [-0.1, -0.05) is 37.3 Å². The van der Waals surface area contributed by atoms with Crippen LogP contribution in [0.2, 0.25) is 0 Å². The van der Waals surface area contributed by atoms with Gasteiger partial charge in [-0.25, -0.2) is 9.97 Å². The first-order valence-electron chi connectivity index (χ1n) is 20.8. The second kappa shape index (κ2) is 17.3. The van der Waals surface area contributed by atoms with Crippen LogP contribution in [0.5, 0.6) is 11.8 Å². The zero-order chi connectivity index (χ0) is 43.1. The monoisotopic (exact) mass is 871 g/mol. The Morgan fingerprint density at radius 1 is 0.871 bits per heavy atom. The number of aryl methyl sites for hydroxylation is 1. The maximum atomic E-state index is 13.9. The average Bonchev–Trinajstić information content (AvgIpc) is 3.67. The van der Waals surface area contributed by atoms with E-state index < -0.39 is 0 Å². The van der Waals surface area contributed by atoms with E-state index in [0.29, 0.717) is 95.2 Å². The molecule has 1 fully saturated rings. The molecule has 62 heavy (non-hydrogen) atoms. The lowest BCUT2D eigenvalue weighted by atomic mass is 9.94. The summed E-state index contributed by atoms with van der Waals surface area (Å²) in [5.41, 5.74) is 13.8. The molecule has 5 N–H and O–H groups in total. The third-order valence-corrected chi connectivity index (χ3v) is 14.2. The topological polar surface area (TPSA) is 179 Å². The molecule has 15 heteroatoms. The van der Waals surface area contributed by atoms with Crippen LogP contribution >= 0.6 is 22.7 Å². The van der Waals surface area contributed by atoms with Crippen molar-refractivity contribution in [3.8, 4) is 34.1 Å². The highest BCUT2D eigenvalue weighted by Gasteiger charge is 2.44. The maximum absolute atomic E-state index is 13.9. The fraction of sp³-hybridized carbons (Fsp3) is 0.340. The number of rotatable bonds is 17. The largest absolute Gasteiger partial charge is 0.481 e. The van der Waals surface area contributed by atoms with Gasteiger partial charge in [-0.15, -0.1) is 22.7 Å². The van der Waals surface area contributed by atoms with Crippen molar-refractivity contribution < 1.29 is 18.9 Å². The molecule has 7 aromatic heterocycles. The lowest BCUT2D eigenvalue weighted by Gasteiger charge is -2.19. The molecule has 9 rings (SSSR count). The van der Waals surface area contributed by atoms with Crippen LogP contribution in [0, 0.1) is 6.92 Å². The van der Waals surface area contributed by atoms with Gasteiger partial charge in [0.1, 0.15) is 9.40 Å². The van der Waals surface area contributed by atoms with E-state index in [0.717, 1.165) is 67.1 Å². The van der Waals surface area contributed by atoms with E-state index in [2.05, 4.69) is 58.6 Å². The summed E-state index contributed by atoms with van der Waals surface area (Å²) in [6, 6.07) is 16.6. The van der Waals surface area contributed by atoms with Crippen LogP contribution in [-0.2, 0) is 27.9 Å². The van der Waals surface area contributed by atoms with E-state index in [4.69, 9.17) is 39.6 Å². The average molecular weight is 872 g/mol. The number of nitrogens with zero attached hydrogens (tertiary/aromatic N) is 3. The minimum Gasteiger partial charge on any atom is -0.481 e. The van der Waals surface area contributed by atoms with Gasteiger partial charge in [0.25, 0.3) is 11.1 Å². The number of methoxy groups -OCH3 is 3. The summed E-state index contributed by atoms with van der Waals surface area (Å²) >= 11 is 2.90. The van der Waals surface area contributed by atoms with Gasteiger partial charge >= 0.3 is 0 Å². The predicted octanol–water partition coefficient (Wildman–Crippen LogP) is 7.73. The highest BCUT2D eigenvalue weighted by atomic mass is 32.1. The van der Waals surface area contributed by atoms with E-state index in [1.807, 2.05) is 30.6 Å². The van der Waals surface area contributed by atoms with Gasteiger partial charge in [-0.05, 0) is 72.5 Å². The molecule has 1 aromatic carbocycles. The molecule has 0 amide bonds. The second-order valence-corrected chi connectivity index (χ2v) is 18.0. The third kappa shape index (κ3) is 7.56. The van der Waals surface area contributed by atoms with Gasteiger partial charge in [0.05, 0.1) is 73.3 Å². The molecule has 1 saturated carbocycles. The minimum absolute atomic E-state index is 0.119. The first-order chi connectivity index (χ1) is 30.2. The molecule has 1 aliphatic carbocycles. The Morgan fingerprint density at radius 3 is 2.32 bits per heavy atom. The normalized spacial score (nSPS) is 14.0. The summed E-state index contributed by atoms with van der Waals surface area (Å²) in [7, 11) is 4.90. The summed E-state index contributed by atoms with van der Waals surface area (Å²) in [4.78, 5) is 48.9. The number of aromatic amines is 2. The summed E-state index contributed by atoms with van der Waals surface area (Å²) in [5, 5.41) is 9.11. The van der Waals surface area contributed by atoms with Crippen molar-refractivity contribution >= 4 is 64.7 Å². The number of fused-ring (bicyclic) bond motifs is 6. The first kappa shape index (κ1) is 41.8. The molecule has 320 valence electrons. The predicted molar refractivity (Wildman–Crippen MR) is 248 cm³/mol. The molecule has 1 atom stereocenters. The molecule has 8 aromatic rings. The highest BCUT2D eigenvalue weighted by molar-refractivity contribution is 7.19. The van der Waals surface area contributed by atoms with Crippen LogP contribution in [0.3, 0.4) is 0 Å². The van der Waals surface area contributed by atoms with Crippen molar-refractivity contribution in [2.45, 2.75) is 51.0 Å². The van der Waals surface area contributed by atoms with Crippen molar-refractivity contribution in [1.82, 2.24) is 30.2 Å². The number of ether oxygens (including phenoxy) is 4. The third-order valence-electron chi connectivity index (χ3n) is 12.1. The van der Waals surface area contributed by atoms with Crippen LogP contribution in [0.25, 0.3) is 64.4 Å². The number of nitrogens with two attached hydrogens (primary N) is 1. The number of H-pyrrole nitrogens is 2. The van der Waals surface area contributed by atoms with Crippen molar-refractivity contribution in [2.24, 2.45) is 5.73 Å². The van der Waals surface area contributed by atoms with Crippen molar-refractivity contribution in [2.75, 3.05) is 54.2 Å². The molecule has 0 radical (unpaired) electrons. The molecule has 1 unspecified atom stereocenters. The Labute approximate surface area is 365 Å². The molecule has 1 aliphatic rings. The lowest BCUT2D eigenvalue weighted by Crippen LogP contribution is -2.27. The van der Waals surface area contributed by atoms with Crippen molar-refractivity contribution in [3.63, 3.8) is 0 Å². The molecule has 13 nitrogen and oxygen atoms in total. The van der Waals surface area contributed by atoms with Gasteiger partial charge in [0, 0.05) is 64.7 Å². The number of aromatic nitrogens is 5. The number of thiophene rings is 2. The summed E-state index contributed by atoms with van der Waals surface area (Å²) in [6.07, 6.45) is 4.61. The Kier molecular flexibility index (Phi) is 11.7. The van der Waals surface area contributed by atoms with E-state index in [-0.39, 0.29) is 22.5 Å². The molecular formula is C47H49N7O6S2. The maximum Gasteiger partial charge on any atom is 0.266 e. The van der Waals surface area contributed by atoms with Crippen LogP contribution in [0.4, 0.5) is 0 Å². The Bertz CT molecular complexity index is 3060. The number of hydrogen-bond donors (Lipinski definition) is 4. The second-order valence-electron chi connectivity index (χ2n) is 16.0. The lowest BCUT2D eigenvalue weighted by molar-refractivity contribution is 0.0725. The smallest absolute Gasteiger partial charge is 0.266 e. The van der Waals surface area contributed by atoms with Crippen molar-refractivity contribution in [1.29, 1.82) is 0 Å². The summed E-state index contributed by atoms with van der Waals surface area (Å²) in [5.74, 6) is 1.15. The molecular weight excluding hydrogens is 823 g/mol. The summed E-state index contributed by atoms with van der Waals surface area (Å²) < 4.78 is 24.1. The van der Waals surface area contributed by atoms with E-state index >= 15 is 0 Å². The zero-order valence-electron chi connectivity index (χ0n) is 35.4. The van der Waals surface area contributed by atoms with Gasteiger partial charge in [-0.2, -0.15) is 0 Å². The Balaban J connectivity index is 1.04. The fourth-order valence-electron chi connectivity index (χ4n) is 8.51. The van der Waals surface area contributed by atoms with Crippen molar-refractivity contribution in [3.05, 3.63) is 108 Å². The van der Waals surface area contributed by atoms with E-state index in [1.165, 1.54) is 22.7 Å². The first-order valence-corrected chi connectivity index (χ1v) is 22.5. The fourth-order valence-corrected chi connectivity index (χ4v) is 10.3. The molecule has 7 heterocycles. The highest BCUT2D eigenvalue weighted by Crippen LogP contribution is 2.49. The number of benzene rings is 1. The Hall–Kier alpha value is -5.55. The SMILES string of the molecule is COCCOCCc1cc2c(s1)c(=O)[nH]c1c(CNCC3(c4ccc(-c5c(OC)nc(C)c6[nH]c(=O)c7sccc7c56)nc4)CC3)nc(OC)c(-c3ccc(C(C)CN)cc3)c12. The summed E-state index contributed by atoms with van der Waals surface area (Å²) in [6.45, 7) is 7.16.